The number of pyridine rings is 1. The number of fused-ring (bicyclic) bond motifs is 1. The Kier molecular flexibility index (Phi) is 5.14. The van der Waals surface area contributed by atoms with Crippen LogP contribution in [0, 0.1) is 0 Å². The van der Waals surface area contributed by atoms with Crippen LogP contribution >= 0.6 is 0 Å². The zero-order valence-corrected chi connectivity index (χ0v) is 15.3. The summed E-state index contributed by atoms with van der Waals surface area (Å²) in [6, 6.07) is 11.4. The molecule has 0 radical (unpaired) electrons. The molecule has 1 aliphatic rings. The standard InChI is InChI=1S/C21H21N5O2/c27-20(21(28)25-18-6-3-16-13-23-26-19(16)12-18)24-17-4-1-14(2-5-17)11-15-7-9-22-10-8-15/h1-2,4-5,7-10,13,18H,3,6,11-12H2,(H,23,26)(H,24,27)(H,25,28). The first kappa shape index (κ1) is 17.9. The highest BCUT2D eigenvalue weighted by Crippen LogP contribution is 2.19. The average molecular weight is 375 g/mol. The van der Waals surface area contributed by atoms with Gasteiger partial charge >= 0.3 is 11.8 Å². The number of carbonyl (C=O) groups is 2. The number of carbonyl (C=O) groups excluding carboxylic acids is 2. The molecule has 28 heavy (non-hydrogen) atoms. The van der Waals surface area contributed by atoms with Gasteiger partial charge in [0.05, 0.1) is 6.20 Å². The quantitative estimate of drug-likeness (QED) is 0.607. The Hall–Kier alpha value is -3.48. The number of hydrogen-bond donors (Lipinski definition) is 3. The number of nitrogens with zero attached hydrogens (tertiary/aromatic N) is 2. The molecule has 4 rings (SSSR count). The van der Waals surface area contributed by atoms with Gasteiger partial charge in [0.15, 0.2) is 0 Å². The van der Waals surface area contributed by atoms with Crippen molar-refractivity contribution in [2.45, 2.75) is 31.7 Å². The van der Waals surface area contributed by atoms with Crippen molar-refractivity contribution in [3.05, 3.63) is 77.4 Å². The summed E-state index contributed by atoms with van der Waals surface area (Å²) in [6.45, 7) is 0. The van der Waals surface area contributed by atoms with Crippen LogP contribution in [-0.2, 0) is 28.9 Å². The second kappa shape index (κ2) is 8.04. The zero-order valence-electron chi connectivity index (χ0n) is 15.3. The molecule has 1 aromatic carbocycles. The first-order chi connectivity index (χ1) is 13.7. The highest BCUT2D eigenvalue weighted by atomic mass is 16.2. The van der Waals surface area contributed by atoms with Gasteiger partial charge in [-0.2, -0.15) is 5.10 Å². The number of amides is 2. The van der Waals surface area contributed by atoms with Crippen LogP contribution < -0.4 is 10.6 Å². The minimum absolute atomic E-state index is 0.0612. The van der Waals surface area contributed by atoms with Gasteiger partial charge in [-0.25, -0.2) is 0 Å². The van der Waals surface area contributed by atoms with Crippen molar-refractivity contribution in [2.24, 2.45) is 0 Å². The molecule has 1 aliphatic carbocycles. The summed E-state index contributed by atoms with van der Waals surface area (Å²) in [5.74, 6) is -1.27. The van der Waals surface area contributed by atoms with E-state index in [-0.39, 0.29) is 6.04 Å². The van der Waals surface area contributed by atoms with Crippen molar-refractivity contribution in [1.29, 1.82) is 0 Å². The van der Waals surface area contributed by atoms with E-state index in [4.69, 9.17) is 0 Å². The molecule has 2 aromatic heterocycles. The molecule has 0 bridgehead atoms. The third-order valence-corrected chi connectivity index (χ3v) is 4.93. The molecular formula is C21H21N5O2. The average Bonchev–Trinajstić information content (AvgIpc) is 3.18. The maximum absolute atomic E-state index is 12.2. The van der Waals surface area contributed by atoms with Gasteiger partial charge in [-0.1, -0.05) is 12.1 Å². The van der Waals surface area contributed by atoms with E-state index in [9.17, 15) is 9.59 Å². The number of rotatable bonds is 4. The molecule has 7 heteroatoms. The number of benzene rings is 1. The van der Waals surface area contributed by atoms with Crippen LogP contribution in [0.2, 0.25) is 0 Å². The maximum Gasteiger partial charge on any atom is 0.313 e. The van der Waals surface area contributed by atoms with E-state index in [0.717, 1.165) is 30.5 Å². The van der Waals surface area contributed by atoms with Gasteiger partial charge in [-0.15, -0.1) is 0 Å². The lowest BCUT2D eigenvalue weighted by atomic mass is 9.94. The van der Waals surface area contributed by atoms with Crippen LogP contribution in [0.1, 0.15) is 28.8 Å². The van der Waals surface area contributed by atoms with Gasteiger partial charge in [0.1, 0.15) is 0 Å². The van der Waals surface area contributed by atoms with Crippen molar-refractivity contribution in [3.63, 3.8) is 0 Å². The Morgan fingerprint density at radius 3 is 2.57 bits per heavy atom. The lowest BCUT2D eigenvalue weighted by Crippen LogP contribution is -2.44. The molecule has 0 aliphatic heterocycles. The van der Waals surface area contributed by atoms with Crippen molar-refractivity contribution in [3.8, 4) is 0 Å². The number of aromatic nitrogens is 3. The van der Waals surface area contributed by atoms with Gasteiger partial charge in [0, 0.05) is 36.2 Å². The van der Waals surface area contributed by atoms with E-state index < -0.39 is 11.8 Å². The second-order valence-corrected chi connectivity index (χ2v) is 6.97. The first-order valence-electron chi connectivity index (χ1n) is 9.28. The topological polar surface area (TPSA) is 99.8 Å². The minimum atomic E-state index is -0.655. The van der Waals surface area contributed by atoms with E-state index in [1.165, 1.54) is 11.1 Å². The summed E-state index contributed by atoms with van der Waals surface area (Å²) in [5.41, 5.74) is 5.09. The summed E-state index contributed by atoms with van der Waals surface area (Å²) in [7, 11) is 0. The molecule has 0 fully saturated rings. The molecular weight excluding hydrogens is 354 g/mol. The summed E-state index contributed by atoms with van der Waals surface area (Å²) < 4.78 is 0. The first-order valence-corrected chi connectivity index (χ1v) is 9.28. The van der Waals surface area contributed by atoms with E-state index >= 15 is 0 Å². The number of H-pyrrole nitrogens is 1. The Labute approximate surface area is 162 Å². The summed E-state index contributed by atoms with van der Waals surface area (Å²) in [5, 5.41) is 12.4. The van der Waals surface area contributed by atoms with Crippen LogP contribution in [0.5, 0.6) is 0 Å². The normalized spacial score (nSPS) is 15.5. The van der Waals surface area contributed by atoms with Crippen molar-refractivity contribution in [1.82, 2.24) is 20.5 Å². The smallest absolute Gasteiger partial charge is 0.313 e. The van der Waals surface area contributed by atoms with Gasteiger partial charge in [0.25, 0.3) is 0 Å². The van der Waals surface area contributed by atoms with Gasteiger partial charge in [0.2, 0.25) is 0 Å². The minimum Gasteiger partial charge on any atom is -0.345 e. The van der Waals surface area contributed by atoms with Crippen LogP contribution in [0.4, 0.5) is 5.69 Å². The van der Waals surface area contributed by atoms with Crippen molar-refractivity contribution < 1.29 is 9.59 Å². The molecule has 1 unspecified atom stereocenters. The van der Waals surface area contributed by atoms with E-state index in [1.54, 1.807) is 24.5 Å². The monoisotopic (exact) mass is 375 g/mol. The number of nitrogens with one attached hydrogen (secondary N) is 3. The van der Waals surface area contributed by atoms with Crippen molar-refractivity contribution >= 4 is 17.5 Å². The summed E-state index contributed by atoms with van der Waals surface area (Å²) >= 11 is 0. The van der Waals surface area contributed by atoms with Crippen LogP contribution in [0.25, 0.3) is 0 Å². The molecule has 3 N–H and O–H groups in total. The predicted octanol–water partition coefficient (Wildman–Crippen LogP) is 2.01. The van der Waals surface area contributed by atoms with Gasteiger partial charge in [-0.05, 0) is 60.2 Å². The summed E-state index contributed by atoms with van der Waals surface area (Å²) in [6.07, 6.45) is 8.45. The Balaban J connectivity index is 1.30. The van der Waals surface area contributed by atoms with Crippen molar-refractivity contribution in [2.75, 3.05) is 5.32 Å². The maximum atomic E-state index is 12.2. The zero-order chi connectivity index (χ0) is 19.3. The molecule has 0 spiro atoms. The Morgan fingerprint density at radius 1 is 1.04 bits per heavy atom. The summed E-state index contributed by atoms with van der Waals surface area (Å²) in [4.78, 5) is 28.4. The molecule has 2 heterocycles. The van der Waals surface area contributed by atoms with Gasteiger partial charge in [-0.3, -0.25) is 19.7 Å². The SMILES string of the molecule is O=C(Nc1ccc(Cc2ccncc2)cc1)C(=O)NC1CCc2cn[nH]c2C1. The molecule has 3 aromatic rings. The second-order valence-electron chi connectivity index (χ2n) is 6.97. The molecule has 2 amide bonds. The highest BCUT2D eigenvalue weighted by Gasteiger charge is 2.24. The largest absolute Gasteiger partial charge is 0.345 e. The number of aryl methyl sites for hydroxylation is 1. The predicted molar refractivity (Wildman–Crippen MR) is 105 cm³/mol. The third-order valence-electron chi connectivity index (χ3n) is 4.93. The highest BCUT2D eigenvalue weighted by molar-refractivity contribution is 6.39. The number of anilines is 1. The molecule has 7 nitrogen and oxygen atoms in total. The lowest BCUT2D eigenvalue weighted by molar-refractivity contribution is -0.136. The molecule has 1 atom stereocenters. The number of hydrogen-bond acceptors (Lipinski definition) is 4. The van der Waals surface area contributed by atoms with Crippen LogP contribution in [-0.4, -0.2) is 33.0 Å². The number of aromatic amines is 1. The molecule has 0 saturated heterocycles. The Bertz CT molecular complexity index is 966. The lowest BCUT2D eigenvalue weighted by Gasteiger charge is -2.22. The fraction of sp³-hybridized carbons (Fsp3) is 0.238. The van der Waals surface area contributed by atoms with Crippen LogP contribution in [0.3, 0.4) is 0 Å². The van der Waals surface area contributed by atoms with Crippen LogP contribution in [0.15, 0.2) is 55.0 Å². The fourth-order valence-electron chi connectivity index (χ4n) is 3.41. The molecule has 142 valence electrons. The van der Waals surface area contributed by atoms with E-state index in [1.807, 2.05) is 30.5 Å². The van der Waals surface area contributed by atoms with Gasteiger partial charge < -0.3 is 10.6 Å². The third kappa shape index (κ3) is 4.25. The van der Waals surface area contributed by atoms with E-state index in [2.05, 4.69) is 25.8 Å². The Morgan fingerprint density at radius 2 is 1.79 bits per heavy atom. The van der Waals surface area contributed by atoms with E-state index in [0.29, 0.717) is 12.1 Å². The fourth-order valence-corrected chi connectivity index (χ4v) is 3.41. The molecule has 0 saturated carbocycles.